The Hall–Kier alpha value is -5.54. The van der Waals surface area contributed by atoms with Crippen LogP contribution in [0, 0.1) is 0 Å². The van der Waals surface area contributed by atoms with Gasteiger partial charge in [0, 0.05) is 85.5 Å². The molecular weight excluding hydrogens is 654 g/mol. The van der Waals surface area contributed by atoms with Crippen LogP contribution in [0.2, 0.25) is 0 Å². The molecule has 0 aliphatic rings. The number of aromatic amines is 4. The van der Waals surface area contributed by atoms with Crippen LogP contribution in [-0.2, 0) is 30.4 Å². The van der Waals surface area contributed by atoms with Crippen molar-refractivity contribution in [1.29, 1.82) is 0 Å². The molecule has 0 unspecified atom stereocenters. The van der Waals surface area contributed by atoms with Gasteiger partial charge >= 0.3 is 19.5 Å². The van der Waals surface area contributed by atoms with E-state index in [1.807, 2.05) is 0 Å². The van der Waals surface area contributed by atoms with E-state index in [1.54, 1.807) is 49.6 Å². The molecule has 45 heavy (non-hydrogen) atoms. The van der Waals surface area contributed by atoms with Gasteiger partial charge in [-0.25, -0.2) is 19.9 Å². The number of aromatic nitrogens is 10. The van der Waals surface area contributed by atoms with E-state index in [0.29, 0.717) is 0 Å². The molecule has 6 aromatic heterocycles. The number of carbonyl (C=O) groups is 2. The fraction of sp³-hybridized carbons (Fsp3) is 0. The van der Waals surface area contributed by atoms with Gasteiger partial charge in [0.05, 0.1) is 11.9 Å². The van der Waals surface area contributed by atoms with Crippen molar-refractivity contribution in [2.45, 2.75) is 0 Å². The van der Waals surface area contributed by atoms with Crippen molar-refractivity contribution >= 4 is 11.9 Å². The number of carboxylic acids is 2. The smallest absolute Gasteiger partial charge is 0.545 e. The largest absolute Gasteiger partial charge is 2.00 e. The zero-order valence-corrected chi connectivity index (χ0v) is 26.4. The van der Waals surface area contributed by atoms with Crippen molar-refractivity contribution in [2.75, 3.05) is 0 Å². The van der Waals surface area contributed by atoms with E-state index in [4.69, 9.17) is 0 Å². The van der Waals surface area contributed by atoms with Gasteiger partial charge in [-0.1, -0.05) is 0 Å². The fourth-order valence-electron chi connectivity index (χ4n) is 2.56. The number of carboxylic acid groups (broad SMARTS) is 2. The van der Waals surface area contributed by atoms with Crippen LogP contribution in [0.3, 0.4) is 0 Å². The summed E-state index contributed by atoms with van der Waals surface area (Å²) >= 11 is 0. The van der Waals surface area contributed by atoms with E-state index in [9.17, 15) is 19.8 Å². The van der Waals surface area contributed by atoms with Crippen LogP contribution in [0.4, 0.5) is 0 Å². The first-order valence-electron chi connectivity index (χ1n) is 10.8. The molecule has 20 nitrogen and oxygen atoms in total. The molecule has 0 saturated carbocycles. The van der Waals surface area contributed by atoms with Gasteiger partial charge in [-0.15, -0.1) is 0 Å². The summed E-state index contributed by atoms with van der Waals surface area (Å²) in [4.78, 5) is 55.2. The Balaban J connectivity index is -0.000000150. The van der Waals surface area contributed by atoms with Gasteiger partial charge in [-0.3, -0.25) is 9.97 Å². The maximum absolute atomic E-state index is 10.1. The molecule has 0 aliphatic heterocycles. The van der Waals surface area contributed by atoms with E-state index < -0.39 is 11.9 Å². The number of imidazole rings is 4. The number of rotatable bonds is 4. The molecule has 0 aromatic carbocycles. The van der Waals surface area contributed by atoms with Crippen molar-refractivity contribution in [3.8, 4) is 23.3 Å². The standard InChI is InChI=1S/2C6H6N4.2C6H5NO2.6H2O.Zn/c2*1-2-8-5(7-1)6-9-3-4-10-6;2*8-6(9)5-1-3-7-4-2-5;;;;;;;/h2*1-4H,(H,7,8)(H,9,10);2*1-4H,(H,8,9);6*1H2;/q;;;;;;;;;;+2. The Morgan fingerprint density at radius 3 is 0.822 bits per heavy atom. The van der Waals surface area contributed by atoms with Crippen LogP contribution >= 0.6 is 0 Å². The molecule has 0 spiro atoms. The second kappa shape index (κ2) is 27.3. The maximum Gasteiger partial charge on any atom is 2.00 e. The van der Waals surface area contributed by atoms with Crippen LogP contribution in [0.25, 0.3) is 23.3 Å². The van der Waals surface area contributed by atoms with Crippen molar-refractivity contribution < 1.29 is 72.1 Å². The Kier molecular flexibility index (Phi) is 29.8. The SMILES string of the molecule is O.O.O.O.O=C([O-])c1ccncc1.O=C([O-])c1ccncc1.[OH3+].[OH3+].[Zn+2].c1c[nH]c(-c2ncc[nH]2)n1.c1c[nH]c(-c2ncc[nH]2)n1. The minimum Gasteiger partial charge on any atom is -0.545 e. The summed E-state index contributed by atoms with van der Waals surface area (Å²) in [7, 11) is 0. The first-order chi connectivity index (χ1) is 18.5. The number of pyridine rings is 2. The molecular formula is C24H34N10O10Zn+2. The molecule has 0 saturated heterocycles. The van der Waals surface area contributed by atoms with Crippen molar-refractivity contribution in [1.82, 2.24) is 49.8 Å². The third-order valence-electron chi connectivity index (χ3n) is 4.27. The van der Waals surface area contributed by atoms with Crippen molar-refractivity contribution in [3.63, 3.8) is 0 Å². The van der Waals surface area contributed by atoms with Gasteiger partial charge in [0.1, 0.15) is 0 Å². The predicted octanol–water partition coefficient (Wildman–Crippen LogP) is -4.66. The molecule has 0 bridgehead atoms. The Morgan fingerprint density at radius 1 is 0.467 bits per heavy atom. The number of aromatic carboxylic acids is 2. The van der Waals surface area contributed by atoms with E-state index in [-0.39, 0.29) is 63.5 Å². The Bertz CT molecular complexity index is 1280. The summed E-state index contributed by atoms with van der Waals surface area (Å²) < 4.78 is 0. The summed E-state index contributed by atoms with van der Waals surface area (Å²) in [6.07, 6.45) is 19.4. The molecule has 0 atom stereocenters. The third kappa shape index (κ3) is 17.2. The maximum atomic E-state index is 10.1. The number of H-pyrrole nitrogens is 4. The minimum absolute atomic E-state index is 0. The molecule has 21 heteroatoms. The second-order valence-electron chi connectivity index (χ2n) is 6.80. The second-order valence-corrected chi connectivity index (χ2v) is 6.80. The van der Waals surface area contributed by atoms with Crippen LogP contribution in [0.1, 0.15) is 20.7 Å². The molecule has 0 aliphatic carbocycles. The van der Waals surface area contributed by atoms with Gasteiger partial charge in [0.15, 0.2) is 23.3 Å². The van der Waals surface area contributed by atoms with Gasteiger partial charge < -0.3 is 72.6 Å². The Labute approximate surface area is 266 Å². The van der Waals surface area contributed by atoms with Gasteiger partial charge in [0.25, 0.3) is 0 Å². The number of carbonyl (C=O) groups excluding carboxylic acids is 2. The molecule has 0 radical (unpaired) electrons. The number of hydrogen-bond donors (Lipinski definition) is 4. The van der Waals surface area contributed by atoms with E-state index in [1.165, 1.54) is 49.1 Å². The van der Waals surface area contributed by atoms with E-state index in [2.05, 4.69) is 49.8 Å². The quantitative estimate of drug-likeness (QED) is 0.101. The number of hydrogen-bond acceptors (Lipinski definition) is 10. The van der Waals surface area contributed by atoms with Gasteiger partial charge in [0.2, 0.25) is 0 Å². The summed E-state index contributed by atoms with van der Waals surface area (Å²) in [6.45, 7) is 0. The van der Waals surface area contributed by atoms with Crippen LogP contribution in [-0.4, -0.2) is 83.7 Å². The summed E-state index contributed by atoms with van der Waals surface area (Å²) in [5.74, 6) is 0.736. The van der Waals surface area contributed by atoms with E-state index in [0.717, 1.165) is 23.3 Å². The van der Waals surface area contributed by atoms with Crippen LogP contribution in [0.15, 0.2) is 98.6 Å². The van der Waals surface area contributed by atoms with E-state index >= 15 is 0 Å². The average molecular weight is 688 g/mol. The van der Waals surface area contributed by atoms with Gasteiger partial charge in [-0.2, -0.15) is 0 Å². The summed E-state index contributed by atoms with van der Waals surface area (Å²) in [5, 5.41) is 20.1. The third-order valence-corrected chi connectivity index (χ3v) is 4.27. The normalized spacial score (nSPS) is 8.00. The molecule has 18 N–H and O–H groups in total. The zero-order chi connectivity index (χ0) is 27.0. The van der Waals surface area contributed by atoms with Crippen molar-refractivity contribution in [3.05, 3.63) is 110 Å². The number of nitrogens with one attached hydrogen (secondary N) is 4. The molecule has 6 heterocycles. The summed E-state index contributed by atoms with van der Waals surface area (Å²) in [5.41, 5.74) is 0.315. The van der Waals surface area contributed by atoms with Gasteiger partial charge in [-0.05, 0) is 24.3 Å². The molecule has 0 amide bonds. The number of nitrogens with zero attached hydrogens (tertiary/aromatic N) is 6. The van der Waals surface area contributed by atoms with Crippen LogP contribution in [0.5, 0.6) is 0 Å². The zero-order valence-electron chi connectivity index (χ0n) is 23.4. The first-order valence-corrected chi connectivity index (χ1v) is 10.8. The molecule has 240 valence electrons. The molecule has 6 aromatic rings. The average Bonchev–Trinajstić information content (AvgIpc) is 3.78. The Morgan fingerprint density at radius 2 is 0.689 bits per heavy atom. The topological polar surface area (TPSA) is 413 Å². The summed E-state index contributed by atoms with van der Waals surface area (Å²) in [6, 6.07) is 5.54. The molecule has 6 rings (SSSR count). The fourth-order valence-corrected chi connectivity index (χ4v) is 2.56. The van der Waals surface area contributed by atoms with Crippen molar-refractivity contribution in [2.24, 2.45) is 0 Å². The van der Waals surface area contributed by atoms with Crippen LogP contribution < -0.4 is 10.2 Å². The predicted molar refractivity (Wildman–Crippen MR) is 154 cm³/mol. The first kappa shape index (κ1) is 49.2. The molecule has 0 fully saturated rings. The monoisotopic (exact) mass is 686 g/mol. The minimum atomic E-state index is -1.17.